The number of hydrogen-bond donors (Lipinski definition) is 2. The van der Waals surface area contributed by atoms with E-state index in [-0.39, 0.29) is 17.1 Å². The quantitative estimate of drug-likeness (QED) is 0.413. The van der Waals surface area contributed by atoms with E-state index in [1.54, 1.807) is 0 Å². The van der Waals surface area contributed by atoms with Crippen LogP contribution in [0, 0.1) is 6.92 Å². The Kier molecular flexibility index (Phi) is 5.60. The number of hydrogen-bond acceptors (Lipinski definition) is 3. The van der Waals surface area contributed by atoms with Crippen LogP contribution in [0.25, 0.3) is 0 Å². The standard InChI is InChI=1S/C17H12F7NO3/c1-9-8-10(14(26)25-27)2-7-13(9)28-12-5-3-11(4-6-12)15(18,16(19,20)21)17(22,23)24/h2-8,27H,1H3,(H,25,26). The SMILES string of the molecule is Cc1cc(C(=O)NO)ccc1Oc1ccc(C(F)(C(F)(F)F)C(F)(F)F)cc1. The number of halogens is 7. The highest BCUT2D eigenvalue weighted by molar-refractivity contribution is 5.93. The summed E-state index contributed by atoms with van der Waals surface area (Å²) in [6, 6.07) is 6.08. The van der Waals surface area contributed by atoms with Crippen molar-refractivity contribution in [3.63, 3.8) is 0 Å². The Morgan fingerprint density at radius 2 is 1.46 bits per heavy atom. The van der Waals surface area contributed by atoms with Crippen LogP contribution in [-0.2, 0) is 5.67 Å². The van der Waals surface area contributed by atoms with Gasteiger partial charge in [-0.15, -0.1) is 0 Å². The van der Waals surface area contributed by atoms with E-state index in [9.17, 15) is 35.5 Å². The number of hydroxylamine groups is 1. The van der Waals surface area contributed by atoms with Crippen LogP contribution in [0.2, 0.25) is 0 Å². The van der Waals surface area contributed by atoms with E-state index in [1.807, 2.05) is 0 Å². The monoisotopic (exact) mass is 411 g/mol. The van der Waals surface area contributed by atoms with Gasteiger partial charge in [-0.3, -0.25) is 10.0 Å². The molecule has 0 fully saturated rings. The van der Waals surface area contributed by atoms with Gasteiger partial charge in [-0.25, -0.2) is 9.87 Å². The lowest BCUT2D eigenvalue weighted by Gasteiger charge is -2.30. The predicted octanol–water partition coefficient (Wildman–Crippen LogP) is 5.20. The normalized spacial score (nSPS) is 12.6. The second-order valence-electron chi connectivity index (χ2n) is 5.70. The second kappa shape index (κ2) is 7.30. The predicted molar refractivity (Wildman–Crippen MR) is 81.8 cm³/mol. The van der Waals surface area contributed by atoms with E-state index < -0.39 is 29.5 Å². The summed E-state index contributed by atoms with van der Waals surface area (Å²) in [5, 5.41) is 8.57. The average Bonchev–Trinajstić information content (AvgIpc) is 2.60. The minimum absolute atomic E-state index is 0.0836. The molecule has 0 unspecified atom stereocenters. The van der Waals surface area contributed by atoms with Gasteiger partial charge < -0.3 is 4.74 Å². The molecule has 28 heavy (non-hydrogen) atoms. The fourth-order valence-corrected chi connectivity index (χ4v) is 2.34. The molecule has 2 aromatic carbocycles. The Balaban J connectivity index is 2.32. The smallest absolute Gasteiger partial charge is 0.435 e. The lowest BCUT2D eigenvalue weighted by Crippen LogP contribution is -2.50. The number of carbonyl (C=O) groups is 1. The number of nitrogens with one attached hydrogen (secondary N) is 1. The molecule has 1 amide bonds. The lowest BCUT2D eigenvalue weighted by molar-refractivity contribution is -0.348. The van der Waals surface area contributed by atoms with Crippen LogP contribution in [0.4, 0.5) is 30.7 Å². The Morgan fingerprint density at radius 1 is 0.929 bits per heavy atom. The van der Waals surface area contributed by atoms with Crippen molar-refractivity contribution in [3.8, 4) is 11.5 Å². The molecule has 2 rings (SSSR count). The lowest BCUT2D eigenvalue weighted by atomic mass is 9.94. The minimum atomic E-state index is -6.20. The number of benzene rings is 2. The Bertz CT molecular complexity index is 847. The van der Waals surface area contributed by atoms with Gasteiger partial charge in [0.1, 0.15) is 11.5 Å². The molecule has 0 aromatic heterocycles. The summed E-state index contributed by atoms with van der Waals surface area (Å²) in [5.41, 5.74) is -5.26. The minimum Gasteiger partial charge on any atom is -0.457 e. The van der Waals surface area contributed by atoms with Crippen molar-refractivity contribution in [2.24, 2.45) is 0 Å². The molecule has 0 aliphatic carbocycles. The van der Waals surface area contributed by atoms with Crippen LogP contribution in [0.15, 0.2) is 42.5 Å². The van der Waals surface area contributed by atoms with Crippen LogP contribution in [-0.4, -0.2) is 23.5 Å². The summed E-state index contributed by atoms with van der Waals surface area (Å²) in [4.78, 5) is 11.3. The summed E-state index contributed by atoms with van der Waals surface area (Å²) in [6.45, 7) is 1.51. The van der Waals surface area contributed by atoms with Crippen molar-refractivity contribution < 1.29 is 45.5 Å². The maximum atomic E-state index is 14.0. The molecule has 0 aliphatic heterocycles. The molecule has 2 N–H and O–H groups in total. The Labute approximate surface area is 153 Å². The van der Waals surface area contributed by atoms with Crippen molar-refractivity contribution in [1.82, 2.24) is 5.48 Å². The first-order valence-electron chi connectivity index (χ1n) is 7.47. The van der Waals surface area contributed by atoms with Crippen LogP contribution in [0.1, 0.15) is 21.5 Å². The maximum Gasteiger partial charge on any atom is 0.435 e. The Hall–Kier alpha value is -2.82. The summed E-state index contributed by atoms with van der Waals surface area (Å²) in [5.74, 6) is -0.809. The molecular weight excluding hydrogens is 399 g/mol. The molecule has 0 radical (unpaired) electrons. The summed E-state index contributed by atoms with van der Waals surface area (Å²) >= 11 is 0. The summed E-state index contributed by atoms with van der Waals surface area (Å²) in [6.07, 6.45) is -12.4. The van der Waals surface area contributed by atoms with E-state index in [4.69, 9.17) is 9.94 Å². The summed E-state index contributed by atoms with van der Waals surface area (Å²) < 4.78 is 95.8. The van der Waals surface area contributed by atoms with Gasteiger partial charge in [0.2, 0.25) is 0 Å². The Morgan fingerprint density at radius 3 is 1.89 bits per heavy atom. The van der Waals surface area contributed by atoms with Gasteiger partial charge >= 0.3 is 18.0 Å². The molecule has 0 saturated carbocycles. The molecule has 0 aliphatic rings. The molecule has 0 atom stereocenters. The van der Waals surface area contributed by atoms with Gasteiger partial charge in [0.05, 0.1) is 0 Å². The van der Waals surface area contributed by atoms with Crippen molar-refractivity contribution in [3.05, 3.63) is 59.2 Å². The molecule has 152 valence electrons. The molecule has 0 bridgehead atoms. The van der Waals surface area contributed by atoms with Gasteiger partial charge in [0, 0.05) is 11.1 Å². The van der Waals surface area contributed by atoms with Crippen LogP contribution < -0.4 is 10.2 Å². The zero-order chi connectivity index (χ0) is 21.3. The highest BCUT2D eigenvalue weighted by Gasteiger charge is 2.73. The summed E-state index contributed by atoms with van der Waals surface area (Å²) in [7, 11) is 0. The van der Waals surface area contributed by atoms with Gasteiger partial charge in [-0.1, -0.05) is 12.1 Å². The van der Waals surface area contributed by atoms with Gasteiger partial charge in [-0.2, -0.15) is 26.3 Å². The molecule has 4 nitrogen and oxygen atoms in total. The third-order valence-electron chi connectivity index (χ3n) is 3.80. The van der Waals surface area contributed by atoms with Crippen LogP contribution in [0.5, 0.6) is 11.5 Å². The zero-order valence-electron chi connectivity index (χ0n) is 14.0. The number of alkyl halides is 7. The highest BCUT2D eigenvalue weighted by atomic mass is 19.4. The fourth-order valence-electron chi connectivity index (χ4n) is 2.34. The molecule has 11 heteroatoms. The van der Waals surface area contributed by atoms with Crippen molar-refractivity contribution in [2.45, 2.75) is 24.9 Å². The van der Waals surface area contributed by atoms with Crippen molar-refractivity contribution in [1.29, 1.82) is 0 Å². The fraction of sp³-hybridized carbons (Fsp3) is 0.235. The molecule has 0 spiro atoms. The third-order valence-corrected chi connectivity index (χ3v) is 3.80. The van der Waals surface area contributed by atoms with E-state index >= 15 is 0 Å². The number of amides is 1. The first-order valence-corrected chi connectivity index (χ1v) is 7.47. The van der Waals surface area contributed by atoms with Crippen molar-refractivity contribution in [2.75, 3.05) is 0 Å². The average molecular weight is 411 g/mol. The van der Waals surface area contributed by atoms with Crippen LogP contribution >= 0.6 is 0 Å². The molecule has 0 saturated heterocycles. The van der Waals surface area contributed by atoms with Gasteiger partial charge in [-0.05, 0) is 42.8 Å². The van der Waals surface area contributed by atoms with Gasteiger partial charge in [0.15, 0.2) is 0 Å². The van der Waals surface area contributed by atoms with Crippen molar-refractivity contribution >= 4 is 5.91 Å². The number of carbonyl (C=O) groups excluding carboxylic acids is 1. The van der Waals surface area contributed by atoms with Crippen LogP contribution in [0.3, 0.4) is 0 Å². The number of rotatable bonds is 4. The second-order valence-corrected chi connectivity index (χ2v) is 5.70. The van der Waals surface area contributed by atoms with E-state index in [2.05, 4.69) is 0 Å². The van der Waals surface area contributed by atoms with E-state index in [1.165, 1.54) is 30.6 Å². The topological polar surface area (TPSA) is 58.6 Å². The molecular formula is C17H12F7NO3. The third kappa shape index (κ3) is 3.88. The first-order chi connectivity index (χ1) is 12.8. The van der Waals surface area contributed by atoms with E-state index in [0.29, 0.717) is 17.7 Å². The van der Waals surface area contributed by atoms with Gasteiger partial charge in [0.25, 0.3) is 5.91 Å². The molecule has 2 aromatic rings. The molecule has 0 heterocycles. The maximum absolute atomic E-state index is 14.0. The highest BCUT2D eigenvalue weighted by Crippen LogP contribution is 2.53. The largest absolute Gasteiger partial charge is 0.457 e. The van der Waals surface area contributed by atoms with E-state index in [0.717, 1.165) is 12.1 Å². The number of ether oxygens (including phenoxy) is 1. The number of aryl methyl sites for hydroxylation is 1. The zero-order valence-corrected chi connectivity index (χ0v) is 14.0. The first kappa shape index (κ1) is 21.5.